The van der Waals surface area contributed by atoms with Gasteiger partial charge in [0, 0.05) is 30.8 Å². The molecule has 0 radical (unpaired) electrons. The van der Waals surface area contributed by atoms with Crippen molar-refractivity contribution >= 4 is 33.5 Å². The summed E-state index contributed by atoms with van der Waals surface area (Å²) in [7, 11) is 1.71. The van der Waals surface area contributed by atoms with Crippen molar-refractivity contribution in [2.45, 2.75) is 12.8 Å². The van der Waals surface area contributed by atoms with Crippen LogP contribution in [-0.2, 0) is 12.8 Å². The fourth-order valence-corrected chi connectivity index (χ4v) is 2.67. The molecule has 2 aromatic rings. The highest BCUT2D eigenvalue weighted by atomic mass is 79.9. The highest BCUT2D eigenvalue weighted by Gasteiger charge is 2.04. The van der Waals surface area contributed by atoms with Crippen LogP contribution >= 0.6 is 27.5 Å². The fourth-order valence-electron chi connectivity index (χ4n) is 2.15. The first kappa shape index (κ1) is 18.7. The van der Waals surface area contributed by atoms with E-state index >= 15 is 0 Å². The second-order valence-electron chi connectivity index (χ2n) is 5.15. The first-order valence-corrected chi connectivity index (χ1v) is 8.74. The Bertz CT molecular complexity index is 691. The van der Waals surface area contributed by atoms with Gasteiger partial charge in [-0.15, -0.1) is 0 Å². The zero-order valence-electron chi connectivity index (χ0n) is 13.3. The number of nitrogens with zero attached hydrogens (tertiary/aromatic N) is 2. The average molecular weight is 414 g/mol. The van der Waals surface area contributed by atoms with Gasteiger partial charge in [-0.25, -0.2) is 9.37 Å². The van der Waals surface area contributed by atoms with E-state index in [2.05, 4.69) is 36.5 Å². The minimum atomic E-state index is -0.196. The SMILES string of the molecule is CN=C(NCCc1ccc(Cl)nc1)NCCc1cc(Br)ccc1F. The molecule has 0 bridgehead atoms. The van der Waals surface area contributed by atoms with Gasteiger partial charge in [0.25, 0.3) is 0 Å². The van der Waals surface area contributed by atoms with E-state index in [0.29, 0.717) is 36.2 Å². The third-order valence-electron chi connectivity index (χ3n) is 3.41. The molecule has 0 fully saturated rings. The molecule has 0 unspecified atom stereocenters. The second-order valence-corrected chi connectivity index (χ2v) is 6.45. The van der Waals surface area contributed by atoms with Crippen molar-refractivity contribution in [2.75, 3.05) is 20.1 Å². The molecule has 7 heteroatoms. The lowest BCUT2D eigenvalue weighted by Gasteiger charge is -2.12. The number of aliphatic imine (C=N–C) groups is 1. The van der Waals surface area contributed by atoms with Gasteiger partial charge in [-0.05, 0) is 48.2 Å². The van der Waals surface area contributed by atoms with Gasteiger partial charge in [0.15, 0.2) is 5.96 Å². The summed E-state index contributed by atoms with van der Waals surface area (Å²) in [5, 5.41) is 6.89. The second kappa shape index (κ2) is 9.59. The summed E-state index contributed by atoms with van der Waals surface area (Å²) in [6.07, 6.45) is 3.15. The summed E-state index contributed by atoms with van der Waals surface area (Å²) in [6, 6.07) is 8.67. The van der Waals surface area contributed by atoms with Crippen LogP contribution in [0, 0.1) is 5.82 Å². The highest BCUT2D eigenvalue weighted by molar-refractivity contribution is 9.10. The minimum absolute atomic E-state index is 0.196. The Morgan fingerprint density at radius 1 is 1.21 bits per heavy atom. The predicted octanol–water partition coefficient (Wildman–Crippen LogP) is 3.59. The zero-order valence-corrected chi connectivity index (χ0v) is 15.7. The van der Waals surface area contributed by atoms with Crippen molar-refractivity contribution < 1.29 is 4.39 Å². The van der Waals surface area contributed by atoms with E-state index in [1.807, 2.05) is 6.07 Å². The number of pyridine rings is 1. The molecule has 2 rings (SSSR count). The number of benzene rings is 1. The van der Waals surface area contributed by atoms with Crippen molar-refractivity contribution in [1.82, 2.24) is 15.6 Å². The standard InChI is InChI=1S/C17H19BrClFN4/c1-21-17(22-8-6-12-2-5-16(19)24-11-12)23-9-7-13-10-14(18)3-4-15(13)20/h2-5,10-11H,6-9H2,1H3,(H2,21,22,23). The molecule has 1 aromatic heterocycles. The number of halogens is 3. The number of hydrogen-bond donors (Lipinski definition) is 2. The molecule has 4 nitrogen and oxygen atoms in total. The van der Waals surface area contributed by atoms with E-state index in [4.69, 9.17) is 11.6 Å². The van der Waals surface area contributed by atoms with E-state index in [1.54, 1.807) is 31.4 Å². The number of aromatic nitrogens is 1. The Hall–Kier alpha value is -1.66. The third kappa shape index (κ3) is 6.09. The Morgan fingerprint density at radius 3 is 2.62 bits per heavy atom. The molecule has 2 N–H and O–H groups in total. The third-order valence-corrected chi connectivity index (χ3v) is 4.13. The van der Waals surface area contributed by atoms with Gasteiger partial charge < -0.3 is 10.6 Å². The van der Waals surface area contributed by atoms with Crippen LogP contribution in [0.15, 0.2) is 46.0 Å². The molecule has 1 aromatic carbocycles. The molecule has 24 heavy (non-hydrogen) atoms. The van der Waals surface area contributed by atoms with Crippen molar-refractivity contribution in [3.63, 3.8) is 0 Å². The molecule has 0 saturated heterocycles. The van der Waals surface area contributed by atoms with Crippen LogP contribution in [0.4, 0.5) is 4.39 Å². The van der Waals surface area contributed by atoms with Gasteiger partial charge in [0.2, 0.25) is 0 Å². The van der Waals surface area contributed by atoms with E-state index < -0.39 is 0 Å². The van der Waals surface area contributed by atoms with Gasteiger partial charge in [0.05, 0.1) is 0 Å². The average Bonchev–Trinajstić information content (AvgIpc) is 2.58. The van der Waals surface area contributed by atoms with E-state index in [-0.39, 0.29) is 5.82 Å². The van der Waals surface area contributed by atoms with Crippen molar-refractivity contribution in [2.24, 2.45) is 4.99 Å². The molecule has 128 valence electrons. The fraction of sp³-hybridized carbons (Fsp3) is 0.294. The summed E-state index contributed by atoms with van der Waals surface area (Å²) in [4.78, 5) is 8.21. The van der Waals surface area contributed by atoms with Crippen molar-refractivity contribution in [3.05, 3.63) is 63.1 Å². The quantitative estimate of drug-likeness (QED) is 0.432. The van der Waals surface area contributed by atoms with Gasteiger partial charge in [-0.1, -0.05) is 33.6 Å². The summed E-state index contributed by atoms with van der Waals surface area (Å²) in [6.45, 7) is 1.31. The van der Waals surface area contributed by atoms with Gasteiger partial charge in [0.1, 0.15) is 11.0 Å². The van der Waals surface area contributed by atoms with Crippen LogP contribution in [0.3, 0.4) is 0 Å². The van der Waals surface area contributed by atoms with Crippen LogP contribution in [0.1, 0.15) is 11.1 Å². The Morgan fingerprint density at radius 2 is 1.96 bits per heavy atom. The first-order chi connectivity index (χ1) is 11.6. The number of nitrogens with one attached hydrogen (secondary N) is 2. The summed E-state index contributed by atoms with van der Waals surface area (Å²) < 4.78 is 14.6. The van der Waals surface area contributed by atoms with E-state index in [1.165, 1.54) is 6.07 Å². The van der Waals surface area contributed by atoms with Crippen LogP contribution < -0.4 is 10.6 Å². The van der Waals surface area contributed by atoms with Crippen LogP contribution in [0.5, 0.6) is 0 Å². The molecule has 0 atom stereocenters. The summed E-state index contributed by atoms with van der Waals surface area (Å²) >= 11 is 9.12. The molecule has 0 spiro atoms. The van der Waals surface area contributed by atoms with E-state index in [0.717, 1.165) is 16.5 Å². The molecule has 0 saturated carbocycles. The number of hydrogen-bond acceptors (Lipinski definition) is 2. The molecular formula is C17H19BrClFN4. The lowest BCUT2D eigenvalue weighted by atomic mass is 10.1. The van der Waals surface area contributed by atoms with Gasteiger partial charge in [-0.2, -0.15) is 0 Å². The van der Waals surface area contributed by atoms with Crippen LogP contribution in [0.2, 0.25) is 5.15 Å². The van der Waals surface area contributed by atoms with Crippen LogP contribution in [0.25, 0.3) is 0 Å². The van der Waals surface area contributed by atoms with Crippen molar-refractivity contribution in [1.29, 1.82) is 0 Å². The maximum absolute atomic E-state index is 13.7. The monoisotopic (exact) mass is 412 g/mol. The van der Waals surface area contributed by atoms with Crippen molar-refractivity contribution in [3.8, 4) is 0 Å². The smallest absolute Gasteiger partial charge is 0.190 e. The lowest BCUT2D eigenvalue weighted by molar-refractivity contribution is 0.606. The number of rotatable bonds is 6. The predicted molar refractivity (Wildman–Crippen MR) is 100 cm³/mol. The van der Waals surface area contributed by atoms with Crippen LogP contribution in [-0.4, -0.2) is 31.1 Å². The Labute approximate surface area is 154 Å². The first-order valence-electron chi connectivity index (χ1n) is 7.57. The Kier molecular flexibility index (Phi) is 7.46. The minimum Gasteiger partial charge on any atom is -0.356 e. The molecule has 0 aliphatic carbocycles. The molecular weight excluding hydrogens is 395 g/mol. The summed E-state index contributed by atoms with van der Waals surface area (Å²) in [5.41, 5.74) is 1.76. The Balaban J connectivity index is 1.74. The lowest BCUT2D eigenvalue weighted by Crippen LogP contribution is -2.39. The normalized spacial score (nSPS) is 11.4. The summed E-state index contributed by atoms with van der Waals surface area (Å²) in [5.74, 6) is 0.491. The van der Waals surface area contributed by atoms with Gasteiger partial charge >= 0.3 is 0 Å². The topological polar surface area (TPSA) is 49.3 Å². The molecule has 0 aliphatic rings. The van der Waals surface area contributed by atoms with E-state index in [9.17, 15) is 4.39 Å². The maximum atomic E-state index is 13.7. The molecule has 0 amide bonds. The highest BCUT2D eigenvalue weighted by Crippen LogP contribution is 2.15. The molecule has 1 heterocycles. The largest absolute Gasteiger partial charge is 0.356 e. The number of guanidine groups is 1. The maximum Gasteiger partial charge on any atom is 0.190 e. The van der Waals surface area contributed by atoms with Gasteiger partial charge in [-0.3, -0.25) is 4.99 Å². The molecule has 0 aliphatic heterocycles. The zero-order chi connectivity index (χ0) is 17.4.